The van der Waals surface area contributed by atoms with Crippen LogP contribution in [0.1, 0.15) is 48.3 Å². The van der Waals surface area contributed by atoms with Crippen LogP contribution in [0.15, 0.2) is 0 Å². The highest BCUT2D eigenvalue weighted by Crippen LogP contribution is 2.46. The summed E-state index contributed by atoms with van der Waals surface area (Å²) in [6.07, 6.45) is 3.40. The molecule has 1 aromatic rings. The summed E-state index contributed by atoms with van der Waals surface area (Å²) in [5.41, 5.74) is 0.273. The second kappa shape index (κ2) is 3.78. The van der Waals surface area contributed by atoms with Crippen molar-refractivity contribution in [1.29, 1.82) is 0 Å². The normalized spacial score (nSPS) is 27.3. The summed E-state index contributed by atoms with van der Waals surface area (Å²) in [6.45, 7) is 3.48. The largest absolute Gasteiger partial charge is 0.481 e. The zero-order valence-corrected chi connectivity index (χ0v) is 11.8. The third-order valence-corrected chi connectivity index (χ3v) is 5.89. The van der Waals surface area contributed by atoms with Crippen molar-refractivity contribution in [3.05, 3.63) is 15.6 Å². The van der Waals surface area contributed by atoms with Gasteiger partial charge < -0.3 is 5.11 Å². The Kier molecular flexibility index (Phi) is 2.54. The molecular formula is C13H18N2O2S. The standard InChI is InChI=1S/C13H18N2O2S/c1-13(2,12(16)17)11-14-8-6-7-4-5-9(15(7)3)10(8)18-11/h7,9H,4-6H2,1-3H3,(H,16,17). The van der Waals surface area contributed by atoms with Crippen molar-refractivity contribution in [1.82, 2.24) is 9.88 Å². The fourth-order valence-corrected chi connectivity index (χ4v) is 4.30. The summed E-state index contributed by atoms with van der Waals surface area (Å²) in [5.74, 6) is -0.799. The number of nitrogens with zero attached hydrogens (tertiary/aromatic N) is 2. The molecule has 0 radical (unpaired) electrons. The third kappa shape index (κ3) is 1.53. The molecule has 5 heteroatoms. The molecule has 18 heavy (non-hydrogen) atoms. The van der Waals surface area contributed by atoms with Crippen LogP contribution in [-0.4, -0.2) is 34.0 Å². The van der Waals surface area contributed by atoms with Crippen LogP contribution in [0.3, 0.4) is 0 Å². The van der Waals surface area contributed by atoms with Gasteiger partial charge in [0.25, 0.3) is 0 Å². The minimum Gasteiger partial charge on any atom is -0.481 e. The summed E-state index contributed by atoms with van der Waals surface area (Å²) < 4.78 is 0. The first-order valence-corrected chi connectivity index (χ1v) is 7.18. The Labute approximate surface area is 111 Å². The van der Waals surface area contributed by atoms with Crippen LogP contribution in [-0.2, 0) is 16.6 Å². The minimum absolute atomic E-state index is 0.467. The zero-order valence-electron chi connectivity index (χ0n) is 10.9. The lowest BCUT2D eigenvalue weighted by Gasteiger charge is -2.29. The molecule has 2 aliphatic heterocycles. The van der Waals surface area contributed by atoms with E-state index in [2.05, 4.69) is 16.9 Å². The van der Waals surface area contributed by atoms with Gasteiger partial charge in [-0.15, -0.1) is 11.3 Å². The van der Waals surface area contributed by atoms with Crippen LogP contribution < -0.4 is 0 Å². The lowest BCUT2D eigenvalue weighted by molar-refractivity contribution is -0.142. The number of carboxylic acid groups (broad SMARTS) is 1. The first-order chi connectivity index (χ1) is 8.41. The molecule has 2 unspecified atom stereocenters. The lowest BCUT2D eigenvalue weighted by Crippen LogP contribution is -2.33. The number of hydrogen-bond acceptors (Lipinski definition) is 4. The molecule has 2 bridgehead atoms. The van der Waals surface area contributed by atoms with Gasteiger partial charge in [-0.25, -0.2) is 4.98 Å². The van der Waals surface area contributed by atoms with E-state index < -0.39 is 11.4 Å². The summed E-state index contributed by atoms with van der Waals surface area (Å²) >= 11 is 1.60. The second-order valence-electron chi connectivity index (χ2n) is 5.88. The Hall–Kier alpha value is -0.940. The van der Waals surface area contributed by atoms with Crippen molar-refractivity contribution >= 4 is 17.3 Å². The molecule has 1 aromatic heterocycles. The van der Waals surface area contributed by atoms with Crippen molar-refractivity contribution in [3.8, 4) is 0 Å². The molecule has 1 N–H and O–H groups in total. The van der Waals surface area contributed by atoms with E-state index in [0.717, 1.165) is 17.1 Å². The maximum absolute atomic E-state index is 11.3. The van der Waals surface area contributed by atoms with Crippen molar-refractivity contribution in [2.24, 2.45) is 0 Å². The highest BCUT2D eigenvalue weighted by Gasteiger charge is 2.42. The van der Waals surface area contributed by atoms with Crippen LogP contribution in [0.5, 0.6) is 0 Å². The van der Waals surface area contributed by atoms with Gasteiger partial charge in [-0.05, 0) is 33.7 Å². The Balaban J connectivity index is 2.02. The van der Waals surface area contributed by atoms with Crippen LogP contribution in [0, 0.1) is 0 Å². The summed E-state index contributed by atoms with van der Waals surface area (Å²) in [7, 11) is 2.17. The van der Waals surface area contributed by atoms with E-state index in [1.807, 2.05) is 0 Å². The van der Waals surface area contributed by atoms with Gasteiger partial charge in [0.05, 0.1) is 5.69 Å². The number of rotatable bonds is 2. The fraction of sp³-hybridized carbons (Fsp3) is 0.692. The highest BCUT2D eigenvalue weighted by molar-refractivity contribution is 7.12. The average Bonchev–Trinajstić information content (AvgIpc) is 2.81. The molecule has 98 valence electrons. The molecule has 3 rings (SSSR count). The lowest BCUT2D eigenvalue weighted by atomic mass is 9.95. The number of likely N-dealkylation sites (N-methyl/N-ethyl adjacent to an activating group) is 1. The van der Waals surface area contributed by atoms with E-state index in [9.17, 15) is 9.90 Å². The quantitative estimate of drug-likeness (QED) is 0.891. The molecule has 0 spiro atoms. The maximum Gasteiger partial charge on any atom is 0.316 e. The van der Waals surface area contributed by atoms with Crippen LogP contribution >= 0.6 is 11.3 Å². The number of carboxylic acids is 1. The van der Waals surface area contributed by atoms with E-state index in [1.54, 1.807) is 25.2 Å². The highest BCUT2D eigenvalue weighted by atomic mass is 32.1. The van der Waals surface area contributed by atoms with Gasteiger partial charge in [0, 0.05) is 23.4 Å². The summed E-state index contributed by atoms with van der Waals surface area (Å²) in [6, 6.07) is 1.07. The molecule has 4 nitrogen and oxygen atoms in total. The zero-order chi connectivity index (χ0) is 13.1. The van der Waals surface area contributed by atoms with E-state index in [1.165, 1.54) is 17.7 Å². The second-order valence-corrected chi connectivity index (χ2v) is 6.91. The van der Waals surface area contributed by atoms with E-state index >= 15 is 0 Å². The number of hydrogen-bond donors (Lipinski definition) is 1. The molecule has 0 amide bonds. The predicted octanol–water partition coefficient (Wildman–Crippen LogP) is 2.20. The van der Waals surface area contributed by atoms with Crippen LogP contribution in [0.4, 0.5) is 0 Å². The van der Waals surface area contributed by atoms with Gasteiger partial charge in [0.2, 0.25) is 0 Å². The SMILES string of the molecule is CN1C2CCC1c1sc(C(C)(C)C(=O)O)nc1C2. The average molecular weight is 266 g/mol. The summed E-state index contributed by atoms with van der Waals surface area (Å²) in [5, 5.41) is 10.0. The van der Waals surface area contributed by atoms with Gasteiger partial charge >= 0.3 is 5.97 Å². The molecule has 2 aliphatic rings. The maximum atomic E-state index is 11.3. The number of fused-ring (bicyclic) bond motifs is 4. The number of carbonyl (C=O) groups is 1. The van der Waals surface area contributed by atoms with Crippen molar-refractivity contribution in [2.45, 2.75) is 50.6 Å². The van der Waals surface area contributed by atoms with Gasteiger partial charge in [-0.3, -0.25) is 9.69 Å². The molecule has 1 fully saturated rings. The van der Waals surface area contributed by atoms with Crippen molar-refractivity contribution < 1.29 is 9.90 Å². The van der Waals surface area contributed by atoms with Gasteiger partial charge in [0.1, 0.15) is 10.4 Å². The molecule has 0 aromatic carbocycles. The van der Waals surface area contributed by atoms with E-state index in [-0.39, 0.29) is 0 Å². The molecular weight excluding hydrogens is 248 g/mol. The molecule has 1 saturated heterocycles. The monoisotopic (exact) mass is 266 g/mol. The minimum atomic E-state index is -0.875. The Morgan fingerprint density at radius 2 is 2.22 bits per heavy atom. The van der Waals surface area contributed by atoms with Gasteiger partial charge in [0.15, 0.2) is 0 Å². The smallest absolute Gasteiger partial charge is 0.316 e. The number of aliphatic carboxylic acids is 1. The van der Waals surface area contributed by atoms with E-state index in [4.69, 9.17) is 0 Å². The van der Waals surface area contributed by atoms with Gasteiger partial charge in [-0.2, -0.15) is 0 Å². The van der Waals surface area contributed by atoms with Crippen molar-refractivity contribution in [3.63, 3.8) is 0 Å². The predicted molar refractivity (Wildman–Crippen MR) is 70.0 cm³/mol. The van der Waals surface area contributed by atoms with E-state index in [0.29, 0.717) is 12.1 Å². The van der Waals surface area contributed by atoms with Crippen molar-refractivity contribution in [2.75, 3.05) is 7.05 Å². The number of aromatic nitrogens is 1. The molecule has 0 saturated carbocycles. The molecule has 3 heterocycles. The third-order valence-electron chi connectivity index (χ3n) is 4.37. The topological polar surface area (TPSA) is 53.4 Å². The Morgan fingerprint density at radius 3 is 2.89 bits per heavy atom. The fourth-order valence-electron chi connectivity index (χ4n) is 2.93. The molecule has 2 atom stereocenters. The summed E-state index contributed by atoms with van der Waals surface area (Å²) in [4.78, 5) is 19.7. The first kappa shape index (κ1) is 12.1. The van der Waals surface area contributed by atoms with Gasteiger partial charge in [-0.1, -0.05) is 0 Å². The Morgan fingerprint density at radius 1 is 1.50 bits per heavy atom. The van der Waals surface area contributed by atoms with Crippen LogP contribution in [0.25, 0.3) is 0 Å². The van der Waals surface area contributed by atoms with Crippen LogP contribution in [0.2, 0.25) is 0 Å². The first-order valence-electron chi connectivity index (χ1n) is 6.36. The Bertz CT molecular complexity index is 509. The molecule has 0 aliphatic carbocycles. The number of thiazole rings is 1.